The van der Waals surface area contributed by atoms with E-state index in [4.69, 9.17) is 14.2 Å². The summed E-state index contributed by atoms with van der Waals surface area (Å²) in [4.78, 5) is 26.3. The van der Waals surface area contributed by atoms with Gasteiger partial charge in [0.15, 0.2) is 11.5 Å². The van der Waals surface area contributed by atoms with Gasteiger partial charge in [-0.05, 0) is 29.8 Å². The lowest BCUT2D eigenvalue weighted by atomic mass is 10.1. The first-order valence-electron chi connectivity index (χ1n) is 9.07. The monoisotopic (exact) mass is 414 g/mol. The highest BCUT2D eigenvalue weighted by atomic mass is 16.5. The number of hydrazone groups is 1. The Morgan fingerprint density at radius 3 is 2.10 bits per heavy atom. The summed E-state index contributed by atoms with van der Waals surface area (Å²) in [6, 6.07) is 10.7. The van der Waals surface area contributed by atoms with Crippen LogP contribution in [0.15, 0.2) is 41.5 Å². The van der Waals surface area contributed by atoms with Gasteiger partial charge < -0.3 is 24.4 Å². The van der Waals surface area contributed by atoms with Crippen molar-refractivity contribution in [2.24, 2.45) is 5.10 Å². The average Bonchev–Trinajstić information content (AvgIpc) is 2.76. The Bertz CT molecular complexity index is 885. The zero-order chi connectivity index (χ0) is 22.1. The molecule has 0 bridgehead atoms. The number of benzene rings is 2. The second kappa shape index (κ2) is 10.7. The molecule has 0 saturated heterocycles. The molecular formula is C21H26N4O5. The smallest absolute Gasteiger partial charge is 0.259 e. The number of rotatable bonds is 9. The molecular weight excluding hydrogens is 388 g/mol. The maximum Gasteiger partial charge on any atom is 0.259 e. The molecule has 160 valence electrons. The van der Waals surface area contributed by atoms with Crippen molar-refractivity contribution >= 4 is 23.7 Å². The number of methoxy groups -OCH3 is 3. The van der Waals surface area contributed by atoms with Crippen molar-refractivity contribution in [1.82, 2.24) is 10.7 Å². The van der Waals surface area contributed by atoms with E-state index in [9.17, 15) is 9.59 Å². The van der Waals surface area contributed by atoms with Crippen LogP contribution in [0, 0.1) is 0 Å². The standard InChI is InChI=1S/C21H26N4O5/c1-25(2)16-8-6-14(7-9-16)12-23-24-19(26)13-22-21(27)15-10-17(28-3)20(30-5)18(11-15)29-4/h6-12H,13H2,1-5H3,(H,22,27)(H,24,26)/b23-12-. The van der Waals surface area contributed by atoms with Crippen LogP contribution in [0.4, 0.5) is 5.69 Å². The minimum Gasteiger partial charge on any atom is -0.493 e. The van der Waals surface area contributed by atoms with Gasteiger partial charge in [-0.25, -0.2) is 5.43 Å². The Labute approximate surface area is 175 Å². The molecule has 9 heteroatoms. The van der Waals surface area contributed by atoms with Gasteiger partial charge in [0, 0.05) is 25.3 Å². The largest absolute Gasteiger partial charge is 0.493 e. The maximum absolute atomic E-state index is 12.4. The molecule has 0 aliphatic carbocycles. The first kappa shape index (κ1) is 22.5. The zero-order valence-corrected chi connectivity index (χ0v) is 17.7. The Morgan fingerprint density at radius 1 is 1.00 bits per heavy atom. The van der Waals surface area contributed by atoms with Crippen LogP contribution in [0.25, 0.3) is 0 Å². The molecule has 0 fully saturated rings. The molecule has 2 rings (SSSR count). The minimum absolute atomic E-state index is 0.244. The van der Waals surface area contributed by atoms with Gasteiger partial charge >= 0.3 is 0 Å². The summed E-state index contributed by atoms with van der Waals surface area (Å²) in [5.74, 6) is 0.138. The van der Waals surface area contributed by atoms with Gasteiger partial charge in [0.05, 0.1) is 34.1 Å². The Morgan fingerprint density at radius 2 is 1.60 bits per heavy atom. The van der Waals surface area contributed by atoms with Crippen LogP contribution < -0.4 is 29.9 Å². The van der Waals surface area contributed by atoms with Gasteiger partial charge in [0.2, 0.25) is 5.75 Å². The van der Waals surface area contributed by atoms with Crippen LogP contribution in [-0.2, 0) is 4.79 Å². The fourth-order valence-corrected chi connectivity index (χ4v) is 2.55. The summed E-state index contributed by atoms with van der Waals surface area (Å²) in [6.07, 6.45) is 1.53. The van der Waals surface area contributed by atoms with Crippen molar-refractivity contribution in [3.8, 4) is 17.2 Å². The molecule has 0 radical (unpaired) electrons. The van der Waals surface area contributed by atoms with Crippen LogP contribution in [0.5, 0.6) is 17.2 Å². The zero-order valence-electron chi connectivity index (χ0n) is 17.7. The molecule has 0 unspecified atom stereocenters. The van der Waals surface area contributed by atoms with E-state index in [1.54, 1.807) is 0 Å². The van der Waals surface area contributed by atoms with Gasteiger partial charge in [-0.15, -0.1) is 0 Å². The first-order chi connectivity index (χ1) is 14.4. The van der Waals surface area contributed by atoms with Crippen molar-refractivity contribution in [3.05, 3.63) is 47.5 Å². The highest BCUT2D eigenvalue weighted by Crippen LogP contribution is 2.38. The lowest BCUT2D eigenvalue weighted by Gasteiger charge is -2.14. The lowest BCUT2D eigenvalue weighted by molar-refractivity contribution is -0.120. The summed E-state index contributed by atoms with van der Waals surface area (Å²) in [5, 5.41) is 6.42. The SMILES string of the molecule is COc1cc(C(=O)NCC(=O)N/N=C\c2ccc(N(C)C)cc2)cc(OC)c1OC. The molecule has 0 aromatic heterocycles. The fraction of sp³-hybridized carbons (Fsp3) is 0.286. The number of carbonyl (C=O) groups excluding carboxylic acids is 2. The van der Waals surface area contributed by atoms with Crippen LogP contribution in [0.2, 0.25) is 0 Å². The number of ether oxygens (including phenoxy) is 3. The predicted octanol–water partition coefficient (Wildman–Crippen LogP) is 1.66. The summed E-state index contributed by atoms with van der Waals surface area (Å²) in [7, 11) is 8.30. The van der Waals surface area contributed by atoms with Crippen LogP contribution in [-0.4, -0.2) is 60.0 Å². The number of nitrogens with zero attached hydrogens (tertiary/aromatic N) is 2. The topological polar surface area (TPSA) is 101 Å². The van der Waals surface area contributed by atoms with E-state index in [-0.39, 0.29) is 12.1 Å². The molecule has 0 spiro atoms. The molecule has 2 aromatic carbocycles. The first-order valence-corrected chi connectivity index (χ1v) is 9.07. The molecule has 2 amide bonds. The quantitative estimate of drug-likeness (QED) is 0.478. The summed E-state index contributed by atoms with van der Waals surface area (Å²) in [6.45, 7) is -0.244. The second-order valence-corrected chi connectivity index (χ2v) is 6.38. The summed E-state index contributed by atoms with van der Waals surface area (Å²) < 4.78 is 15.7. The van der Waals surface area contributed by atoms with E-state index < -0.39 is 11.8 Å². The maximum atomic E-state index is 12.4. The summed E-state index contributed by atoms with van der Waals surface area (Å²) in [5.41, 5.74) is 4.54. The summed E-state index contributed by atoms with van der Waals surface area (Å²) >= 11 is 0. The Kier molecular flexibility index (Phi) is 8.04. The Hall–Kier alpha value is -3.75. The number of anilines is 1. The second-order valence-electron chi connectivity index (χ2n) is 6.38. The van der Waals surface area contributed by atoms with Gasteiger partial charge in [-0.1, -0.05) is 12.1 Å². The molecule has 0 atom stereocenters. The van der Waals surface area contributed by atoms with E-state index in [0.29, 0.717) is 17.2 Å². The van der Waals surface area contributed by atoms with E-state index in [0.717, 1.165) is 11.3 Å². The van der Waals surface area contributed by atoms with Gasteiger partial charge in [-0.2, -0.15) is 5.10 Å². The number of hydrogen-bond acceptors (Lipinski definition) is 7. The number of nitrogens with one attached hydrogen (secondary N) is 2. The van der Waals surface area contributed by atoms with E-state index >= 15 is 0 Å². The van der Waals surface area contributed by atoms with E-state index in [2.05, 4.69) is 15.8 Å². The van der Waals surface area contributed by atoms with Crippen molar-refractivity contribution in [2.45, 2.75) is 0 Å². The van der Waals surface area contributed by atoms with Crippen molar-refractivity contribution < 1.29 is 23.8 Å². The van der Waals surface area contributed by atoms with E-state index in [1.165, 1.54) is 39.7 Å². The van der Waals surface area contributed by atoms with Crippen LogP contribution >= 0.6 is 0 Å². The highest BCUT2D eigenvalue weighted by Gasteiger charge is 2.17. The molecule has 0 aliphatic heterocycles. The lowest BCUT2D eigenvalue weighted by Crippen LogP contribution is -2.34. The number of amides is 2. The van der Waals surface area contributed by atoms with Gasteiger partial charge in [0.25, 0.3) is 11.8 Å². The molecule has 0 aliphatic rings. The molecule has 9 nitrogen and oxygen atoms in total. The molecule has 30 heavy (non-hydrogen) atoms. The van der Waals surface area contributed by atoms with Crippen molar-refractivity contribution in [2.75, 3.05) is 46.9 Å². The normalized spacial score (nSPS) is 10.4. The van der Waals surface area contributed by atoms with Gasteiger partial charge in [0.1, 0.15) is 0 Å². The highest BCUT2D eigenvalue weighted by molar-refractivity contribution is 5.97. The van der Waals surface area contributed by atoms with Gasteiger partial charge in [-0.3, -0.25) is 9.59 Å². The van der Waals surface area contributed by atoms with Crippen molar-refractivity contribution in [3.63, 3.8) is 0 Å². The van der Waals surface area contributed by atoms with Crippen LogP contribution in [0.3, 0.4) is 0 Å². The number of carbonyl (C=O) groups is 2. The number of hydrogen-bond donors (Lipinski definition) is 2. The average molecular weight is 414 g/mol. The van der Waals surface area contributed by atoms with E-state index in [1.807, 2.05) is 43.3 Å². The predicted molar refractivity (Wildman–Crippen MR) is 115 cm³/mol. The third kappa shape index (κ3) is 5.87. The molecule has 0 heterocycles. The molecule has 2 aromatic rings. The third-order valence-electron chi connectivity index (χ3n) is 4.15. The molecule has 0 saturated carbocycles. The molecule has 2 N–H and O–H groups in total. The minimum atomic E-state index is -0.465. The Balaban J connectivity index is 1.92. The fourth-order valence-electron chi connectivity index (χ4n) is 2.55. The van der Waals surface area contributed by atoms with Crippen LogP contribution in [0.1, 0.15) is 15.9 Å². The van der Waals surface area contributed by atoms with Crippen molar-refractivity contribution in [1.29, 1.82) is 0 Å². The third-order valence-corrected chi connectivity index (χ3v) is 4.15.